The summed E-state index contributed by atoms with van der Waals surface area (Å²) >= 11 is 0. The molecule has 2 aliphatic carbocycles. The summed E-state index contributed by atoms with van der Waals surface area (Å²) in [4.78, 5) is 3.23. The molecule has 2 aliphatic rings. The summed E-state index contributed by atoms with van der Waals surface area (Å²) in [6, 6.07) is 40.1. The molecule has 0 nitrogen and oxygen atoms in total. The fraction of sp³-hybridized carbons (Fsp3) is 0.125. The lowest BCUT2D eigenvalue weighted by atomic mass is 9.99. The summed E-state index contributed by atoms with van der Waals surface area (Å²) in [7, 11) is -1.21. The molecule has 33 heavy (non-hydrogen) atoms. The van der Waals surface area contributed by atoms with Crippen molar-refractivity contribution in [2.45, 2.75) is 12.8 Å². The average Bonchev–Trinajstić information content (AvgIpc) is 3.45. The average molecular weight is 445 g/mol. The maximum atomic E-state index is 2.53. The maximum absolute atomic E-state index is 2.53. The van der Waals surface area contributed by atoms with E-state index in [1.807, 2.05) is 0 Å². The van der Waals surface area contributed by atoms with Gasteiger partial charge in [-0.05, 0) is 66.8 Å². The highest BCUT2D eigenvalue weighted by Crippen LogP contribution is 2.66. The maximum Gasteiger partial charge on any atom is 0.00349 e. The first-order chi connectivity index (χ1) is 16.1. The Morgan fingerprint density at radius 2 is 0.818 bits per heavy atom. The zero-order chi connectivity index (χ0) is 22.4. The Balaban J connectivity index is 1.60. The Bertz CT molecular complexity index is 1300. The standard InChI is InChI=1S/C32H28S/c1-33(2,29-21-25-17-9-11-19-27(25)31(29)23-13-5-3-6-14-23)30-22-26-18-10-12-20-28(26)32(30)24-15-7-4-8-16-24/h3-20H,21-22H2,1-2H3. The van der Waals surface area contributed by atoms with Gasteiger partial charge in [0.25, 0.3) is 0 Å². The van der Waals surface area contributed by atoms with Crippen molar-refractivity contribution in [3.05, 3.63) is 152 Å². The highest BCUT2D eigenvalue weighted by atomic mass is 32.3. The van der Waals surface area contributed by atoms with Crippen LogP contribution < -0.4 is 0 Å². The molecule has 0 aromatic heterocycles. The number of fused-ring (bicyclic) bond motifs is 2. The molecule has 0 N–H and O–H groups in total. The first-order valence-electron chi connectivity index (χ1n) is 11.6. The van der Waals surface area contributed by atoms with Gasteiger partial charge >= 0.3 is 0 Å². The van der Waals surface area contributed by atoms with Crippen molar-refractivity contribution < 1.29 is 0 Å². The highest BCUT2D eigenvalue weighted by molar-refractivity contribution is 8.39. The van der Waals surface area contributed by atoms with Crippen LogP contribution in [0.15, 0.2) is 119 Å². The molecule has 0 unspecified atom stereocenters. The Hall–Kier alpha value is -3.29. The zero-order valence-electron chi connectivity index (χ0n) is 19.2. The number of benzene rings is 4. The van der Waals surface area contributed by atoms with E-state index in [1.165, 1.54) is 44.5 Å². The summed E-state index contributed by atoms with van der Waals surface area (Å²) in [5.41, 5.74) is 11.4. The molecule has 1 heteroatoms. The molecule has 162 valence electrons. The smallest absolute Gasteiger partial charge is 0.00349 e. The van der Waals surface area contributed by atoms with Gasteiger partial charge in [0.05, 0.1) is 0 Å². The van der Waals surface area contributed by atoms with Gasteiger partial charge in [-0.1, -0.05) is 109 Å². The minimum Gasteiger partial charge on any atom is -0.199 e. The third-order valence-electron chi connectivity index (χ3n) is 7.19. The number of hydrogen-bond acceptors (Lipinski definition) is 0. The highest BCUT2D eigenvalue weighted by Gasteiger charge is 2.36. The van der Waals surface area contributed by atoms with Crippen molar-refractivity contribution in [3.8, 4) is 0 Å². The lowest BCUT2D eigenvalue weighted by Gasteiger charge is -2.37. The third-order valence-corrected chi connectivity index (χ3v) is 10.4. The fourth-order valence-electron chi connectivity index (χ4n) is 5.52. The number of allylic oxidation sites excluding steroid dienone is 2. The van der Waals surface area contributed by atoms with E-state index >= 15 is 0 Å². The van der Waals surface area contributed by atoms with Crippen LogP contribution in [0.1, 0.15) is 33.4 Å². The lowest BCUT2D eigenvalue weighted by molar-refractivity contribution is 1.26. The first-order valence-corrected chi connectivity index (χ1v) is 14.1. The van der Waals surface area contributed by atoms with Crippen LogP contribution in [0.25, 0.3) is 11.1 Å². The van der Waals surface area contributed by atoms with Crippen LogP contribution >= 0.6 is 10.0 Å². The third kappa shape index (κ3) is 3.31. The van der Waals surface area contributed by atoms with Gasteiger partial charge in [0.1, 0.15) is 0 Å². The molecule has 0 atom stereocenters. The van der Waals surface area contributed by atoms with Crippen LogP contribution in [0.2, 0.25) is 0 Å². The Morgan fingerprint density at radius 1 is 0.455 bits per heavy atom. The molecule has 0 heterocycles. The van der Waals surface area contributed by atoms with Crippen molar-refractivity contribution in [1.29, 1.82) is 0 Å². The van der Waals surface area contributed by atoms with Gasteiger partial charge in [0.2, 0.25) is 0 Å². The normalized spacial score (nSPS) is 15.6. The Kier molecular flexibility index (Phi) is 4.89. The van der Waals surface area contributed by atoms with E-state index in [1.54, 1.807) is 9.81 Å². The minimum absolute atomic E-state index is 1.05. The van der Waals surface area contributed by atoms with E-state index in [-0.39, 0.29) is 0 Å². The largest absolute Gasteiger partial charge is 0.199 e. The van der Waals surface area contributed by atoms with Gasteiger partial charge in [-0.2, -0.15) is 10.0 Å². The van der Waals surface area contributed by atoms with Crippen LogP contribution in [0.3, 0.4) is 0 Å². The quantitative estimate of drug-likeness (QED) is 0.298. The van der Waals surface area contributed by atoms with Crippen molar-refractivity contribution in [2.75, 3.05) is 12.5 Å². The van der Waals surface area contributed by atoms with E-state index in [4.69, 9.17) is 0 Å². The molecule has 0 aliphatic heterocycles. The Morgan fingerprint density at radius 3 is 1.24 bits per heavy atom. The van der Waals surface area contributed by atoms with E-state index in [0.717, 1.165) is 12.8 Å². The van der Waals surface area contributed by atoms with Gasteiger partial charge in [-0.25, -0.2) is 0 Å². The summed E-state index contributed by atoms with van der Waals surface area (Å²) in [6.45, 7) is 0. The minimum atomic E-state index is -1.21. The van der Waals surface area contributed by atoms with Crippen molar-refractivity contribution in [1.82, 2.24) is 0 Å². The van der Waals surface area contributed by atoms with Gasteiger partial charge in [-0.15, -0.1) is 0 Å². The second-order valence-electron chi connectivity index (χ2n) is 9.32. The second-order valence-corrected chi connectivity index (χ2v) is 13.0. The van der Waals surface area contributed by atoms with Crippen LogP contribution in [0.5, 0.6) is 0 Å². The van der Waals surface area contributed by atoms with Crippen molar-refractivity contribution in [2.24, 2.45) is 0 Å². The van der Waals surface area contributed by atoms with Gasteiger partial charge in [-0.3, -0.25) is 0 Å². The zero-order valence-corrected chi connectivity index (χ0v) is 20.0. The molecule has 0 bridgehead atoms. The molecule has 4 aromatic rings. The van der Waals surface area contributed by atoms with E-state index in [0.29, 0.717) is 0 Å². The van der Waals surface area contributed by atoms with Gasteiger partial charge in [0, 0.05) is 12.8 Å². The second kappa shape index (κ2) is 7.93. The molecule has 4 aromatic carbocycles. The van der Waals surface area contributed by atoms with Crippen molar-refractivity contribution >= 4 is 21.2 Å². The molecule has 0 saturated carbocycles. The number of hydrogen-bond donors (Lipinski definition) is 0. The SMILES string of the molecule is CS(C)(C1=C(c2ccccc2)c2ccccc2C1)C1=C(c2ccccc2)c2ccccc2C1. The molecule has 0 amide bonds. The van der Waals surface area contributed by atoms with Crippen LogP contribution in [-0.4, -0.2) is 12.5 Å². The molecule has 0 saturated heterocycles. The van der Waals surface area contributed by atoms with Gasteiger partial charge < -0.3 is 0 Å². The monoisotopic (exact) mass is 444 g/mol. The molecule has 0 fully saturated rings. The van der Waals surface area contributed by atoms with E-state index in [9.17, 15) is 0 Å². The van der Waals surface area contributed by atoms with Crippen molar-refractivity contribution in [3.63, 3.8) is 0 Å². The Labute approximate surface area is 198 Å². The topological polar surface area (TPSA) is 0 Å². The fourth-order valence-corrected chi connectivity index (χ4v) is 8.33. The van der Waals surface area contributed by atoms with Crippen LogP contribution in [0.4, 0.5) is 0 Å². The molecule has 0 radical (unpaired) electrons. The number of rotatable bonds is 4. The van der Waals surface area contributed by atoms with E-state index < -0.39 is 10.0 Å². The summed E-state index contributed by atoms with van der Waals surface area (Å²) < 4.78 is 0. The molecular weight excluding hydrogens is 416 g/mol. The van der Waals surface area contributed by atoms with E-state index in [2.05, 4.69) is 122 Å². The summed E-state index contributed by atoms with van der Waals surface area (Å²) in [5.74, 6) is 0. The predicted molar refractivity (Wildman–Crippen MR) is 145 cm³/mol. The molecule has 0 spiro atoms. The van der Waals surface area contributed by atoms with Gasteiger partial charge in [0.15, 0.2) is 0 Å². The first kappa shape index (κ1) is 20.3. The lowest BCUT2D eigenvalue weighted by Crippen LogP contribution is -2.06. The van der Waals surface area contributed by atoms with Crippen LogP contribution in [-0.2, 0) is 12.8 Å². The molecular formula is C32H28S. The summed E-state index contributed by atoms with van der Waals surface area (Å²) in [5, 5.41) is 0. The predicted octanol–water partition coefficient (Wildman–Crippen LogP) is 8.08. The summed E-state index contributed by atoms with van der Waals surface area (Å²) in [6.07, 6.45) is 7.15. The molecule has 6 rings (SSSR count). The van der Waals surface area contributed by atoms with Crippen LogP contribution in [0, 0.1) is 0 Å².